The molecule has 0 fully saturated rings. The molecule has 2 aromatic carbocycles. The molecule has 0 aliphatic rings. The van der Waals surface area contributed by atoms with Crippen LogP contribution in [0.15, 0.2) is 60.8 Å². The highest BCUT2D eigenvalue weighted by molar-refractivity contribution is 6.31. The molecule has 3 aromatic rings. The Morgan fingerprint density at radius 1 is 0.962 bits per heavy atom. The van der Waals surface area contributed by atoms with Crippen LogP contribution >= 0.6 is 23.2 Å². The van der Waals surface area contributed by atoms with Gasteiger partial charge in [0.1, 0.15) is 11.4 Å². The minimum absolute atomic E-state index is 0.256. The second-order valence-corrected chi connectivity index (χ2v) is 6.23. The second kappa shape index (κ2) is 8.08. The number of pyridine rings is 1. The molecule has 1 amide bonds. The van der Waals surface area contributed by atoms with Crippen molar-refractivity contribution in [3.05, 3.63) is 76.5 Å². The maximum atomic E-state index is 12.5. The quantitative estimate of drug-likeness (QED) is 0.615. The fourth-order valence-electron chi connectivity index (χ4n) is 2.30. The van der Waals surface area contributed by atoms with Gasteiger partial charge in [0.25, 0.3) is 5.91 Å². The fraction of sp³-hybridized carbons (Fsp3) is 0.0526. The predicted octanol–water partition coefficient (Wildman–Crippen LogP) is 5.39. The maximum Gasteiger partial charge on any atom is 0.274 e. The molecule has 0 radical (unpaired) electrons. The van der Waals surface area contributed by atoms with Crippen LogP contribution in [-0.2, 0) is 0 Å². The smallest absolute Gasteiger partial charge is 0.274 e. The number of nitrogens with one attached hydrogen (secondary N) is 2. The number of ether oxygens (including phenoxy) is 1. The third kappa shape index (κ3) is 4.45. The van der Waals surface area contributed by atoms with Gasteiger partial charge in [0, 0.05) is 27.6 Å². The number of rotatable bonds is 5. The highest BCUT2D eigenvalue weighted by Crippen LogP contribution is 2.28. The molecule has 26 heavy (non-hydrogen) atoms. The Labute approximate surface area is 160 Å². The zero-order chi connectivity index (χ0) is 18.5. The van der Waals surface area contributed by atoms with E-state index in [4.69, 9.17) is 27.9 Å². The molecule has 0 unspecified atom stereocenters. The van der Waals surface area contributed by atoms with E-state index in [1.165, 1.54) is 7.11 Å². The van der Waals surface area contributed by atoms with Crippen molar-refractivity contribution < 1.29 is 9.53 Å². The van der Waals surface area contributed by atoms with Gasteiger partial charge in [-0.15, -0.1) is 0 Å². The highest BCUT2D eigenvalue weighted by Gasteiger charge is 2.12. The summed E-state index contributed by atoms with van der Waals surface area (Å²) in [5.74, 6) is 0.142. The van der Waals surface area contributed by atoms with Crippen LogP contribution in [0.1, 0.15) is 10.5 Å². The number of halogens is 2. The molecule has 0 aliphatic carbocycles. The SMILES string of the molecule is COc1ccc(Cl)cc1NC(=O)c1cc(Nc2ccc(Cl)cc2)ccn1. The average molecular weight is 388 g/mol. The van der Waals surface area contributed by atoms with Crippen molar-refractivity contribution in [2.75, 3.05) is 17.7 Å². The van der Waals surface area contributed by atoms with Gasteiger partial charge in [0.2, 0.25) is 0 Å². The first-order valence-corrected chi connectivity index (χ1v) is 8.44. The second-order valence-electron chi connectivity index (χ2n) is 5.36. The molecule has 1 heterocycles. The van der Waals surface area contributed by atoms with Crippen molar-refractivity contribution in [2.45, 2.75) is 0 Å². The van der Waals surface area contributed by atoms with Crippen molar-refractivity contribution in [3.63, 3.8) is 0 Å². The molecule has 1 aromatic heterocycles. The molecule has 5 nitrogen and oxygen atoms in total. The van der Waals surface area contributed by atoms with Crippen molar-refractivity contribution >= 4 is 46.2 Å². The number of aromatic nitrogens is 1. The van der Waals surface area contributed by atoms with E-state index in [2.05, 4.69) is 15.6 Å². The van der Waals surface area contributed by atoms with Gasteiger partial charge in [-0.3, -0.25) is 9.78 Å². The van der Waals surface area contributed by atoms with E-state index in [-0.39, 0.29) is 11.6 Å². The first kappa shape index (κ1) is 18.0. The highest BCUT2D eigenvalue weighted by atomic mass is 35.5. The summed E-state index contributed by atoms with van der Waals surface area (Å²) in [5.41, 5.74) is 2.31. The largest absolute Gasteiger partial charge is 0.495 e. The standard InChI is InChI=1S/C19H15Cl2N3O2/c1-26-18-7-4-13(21)10-16(18)24-19(25)17-11-15(8-9-22-17)23-14-5-2-12(20)3-6-14/h2-11H,1H3,(H,22,23)(H,24,25). The molecule has 3 rings (SSSR count). The van der Waals surface area contributed by atoms with Crippen LogP contribution in [0.25, 0.3) is 0 Å². The van der Waals surface area contributed by atoms with Crippen LogP contribution in [0, 0.1) is 0 Å². The van der Waals surface area contributed by atoms with Crippen LogP contribution in [0.5, 0.6) is 5.75 Å². The molecular weight excluding hydrogens is 373 g/mol. The lowest BCUT2D eigenvalue weighted by molar-refractivity contribution is 0.102. The van der Waals surface area contributed by atoms with Gasteiger partial charge in [-0.2, -0.15) is 0 Å². The molecule has 132 valence electrons. The molecular formula is C19H15Cl2N3O2. The number of amides is 1. The van der Waals surface area contributed by atoms with Crippen LogP contribution in [0.2, 0.25) is 10.0 Å². The van der Waals surface area contributed by atoms with Gasteiger partial charge in [-0.05, 0) is 54.6 Å². The summed E-state index contributed by atoms with van der Waals surface area (Å²) in [6, 6.07) is 15.7. The zero-order valence-electron chi connectivity index (χ0n) is 13.8. The Hall–Kier alpha value is -2.76. The third-order valence-electron chi connectivity index (χ3n) is 3.54. The number of hydrogen-bond donors (Lipinski definition) is 2. The lowest BCUT2D eigenvalue weighted by atomic mass is 10.2. The van der Waals surface area contributed by atoms with Gasteiger partial charge in [0.15, 0.2) is 0 Å². The summed E-state index contributed by atoms with van der Waals surface area (Å²) in [6.45, 7) is 0. The number of nitrogens with zero attached hydrogens (tertiary/aromatic N) is 1. The van der Waals surface area contributed by atoms with Crippen LogP contribution in [0.3, 0.4) is 0 Å². The maximum absolute atomic E-state index is 12.5. The van der Waals surface area contributed by atoms with Crippen molar-refractivity contribution in [1.29, 1.82) is 0 Å². The Morgan fingerprint density at radius 3 is 2.42 bits per heavy atom. The van der Waals surface area contributed by atoms with Crippen LogP contribution in [0.4, 0.5) is 17.1 Å². The summed E-state index contributed by atoms with van der Waals surface area (Å²) in [5, 5.41) is 7.10. The van der Waals surface area contributed by atoms with Gasteiger partial charge < -0.3 is 15.4 Å². The van der Waals surface area contributed by atoms with Crippen molar-refractivity contribution in [1.82, 2.24) is 4.98 Å². The molecule has 0 saturated heterocycles. The number of benzene rings is 2. The van der Waals surface area contributed by atoms with Crippen LogP contribution in [-0.4, -0.2) is 18.0 Å². The number of hydrogen-bond acceptors (Lipinski definition) is 4. The minimum atomic E-state index is -0.370. The summed E-state index contributed by atoms with van der Waals surface area (Å²) < 4.78 is 5.23. The minimum Gasteiger partial charge on any atom is -0.495 e. The number of carbonyl (C=O) groups excluding carboxylic acids is 1. The van der Waals surface area contributed by atoms with E-state index >= 15 is 0 Å². The van der Waals surface area contributed by atoms with E-state index in [0.717, 1.165) is 11.4 Å². The summed E-state index contributed by atoms with van der Waals surface area (Å²) in [7, 11) is 1.52. The zero-order valence-corrected chi connectivity index (χ0v) is 15.3. The summed E-state index contributed by atoms with van der Waals surface area (Å²) in [6.07, 6.45) is 1.56. The molecule has 0 atom stereocenters. The Morgan fingerprint density at radius 2 is 1.69 bits per heavy atom. The van der Waals surface area contributed by atoms with E-state index < -0.39 is 0 Å². The van der Waals surface area contributed by atoms with Crippen molar-refractivity contribution in [2.24, 2.45) is 0 Å². The molecule has 0 spiro atoms. The van der Waals surface area contributed by atoms with Gasteiger partial charge in [-0.25, -0.2) is 0 Å². The summed E-state index contributed by atoms with van der Waals surface area (Å²) >= 11 is 11.9. The Balaban J connectivity index is 1.78. The molecule has 2 N–H and O–H groups in total. The van der Waals surface area contributed by atoms with Gasteiger partial charge in [0.05, 0.1) is 12.8 Å². The average Bonchev–Trinajstić information content (AvgIpc) is 2.64. The summed E-state index contributed by atoms with van der Waals surface area (Å²) in [4.78, 5) is 16.6. The van der Waals surface area contributed by atoms with Gasteiger partial charge in [-0.1, -0.05) is 23.2 Å². The lowest BCUT2D eigenvalue weighted by Gasteiger charge is -2.11. The number of anilines is 3. The normalized spacial score (nSPS) is 10.3. The first-order chi connectivity index (χ1) is 12.5. The molecule has 0 bridgehead atoms. The van der Waals surface area contributed by atoms with Crippen LogP contribution < -0.4 is 15.4 Å². The van der Waals surface area contributed by atoms with E-state index in [9.17, 15) is 4.79 Å². The number of methoxy groups -OCH3 is 1. The first-order valence-electron chi connectivity index (χ1n) is 7.69. The van der Waals surface area contributed by atoms with E-state index in [1.807, 2.05) is 12.1 Å². The lowest BCUT2D eigenvalue weighted by Crippen LogP contribution is -2.14. The van der Waals surface area contributed by atoms with Crippen molar-refractivity contribution in [3.8, 4) is 5.75 Å². The van der Waals surface area contributed by atoms with Gasteiger partial charge >= 0.3 is 0 Å². The van der Waals surface area contributed by atoms with E-state index in [1.54, 1.807) is 48.7 Å². The topological polar surface area (TPSA) is 63.2 Å². The monoisotopic (exact) mass is 387 g/mol. The Bertz CT molecular complexity index is 930. The predicted molar refractivity (Wildman–Crippen MR) is 105 cm³/mol. The number of carbonyl (C=O) groups is 1. The third-order valence-corrected chi connectivity index (χ3v) is 4.02. The Kier molecular flexibility index (Phi) is 5.61. The fourth-order valence-corrected chi connectivity index (χ4v) is 2.59. The molecule has 0 saturated carbocycles. The molecule has 7 heteroatoms. The molecule has 0 aliphatic heterocycles. The van der Waals surface area contributed by atoms with E-state index in [0.29, 0.717) is 21.5 Å².